The predicted molar refractivity (Wildman–Crippen MR) is 89.0 cm³/mol. The molecule has 3 heteroatoms. The number of nitriles is 1. The normalized spacial score (nSPS) is 11.3. The van der Waals surface area contributed by atoms with Crippen LogP contribution < -0.4 is 0 Å². The number of benzene rings is 2. The zero-order chi connectivity index (χ0) is 16.7. The highest BCUT2D eigenvalue weighted by Crippen LogP contribution is 2.16. The van der Waals surface area contributed by atoms with Crippen molar-refractivity contribution in [3.05, 3.63) is 76.4 Å². The van der Waals surface area contributed by atoms with Gasteiger partial charge in [0.1, 0.15) is 17.7 Å². The molecule has 0 N–H and O–H groups in total. The van der Waals surface area contributed by atoms with E-state index in [1.54, 1.807) is 12.1 Å². The number of allylic oxidation sites excluding steroid dienone is 1. The summed E-state index contributed by atoms with van der Waals surface area (Å²) in [5.41, 5.74) is 2.83. The maximum absolute atomic E-state index is 13.6. The van der Waals surface area contributed by atoms with E-state index in [1.807, 2.05) is 37.3 Å². The van der Waals surface area contributed by atoms with Crippen molar-refractivity contribution >= 4 is 6.08 Å². The Morgan fingerprint density at radius 3 is 2.52 bits per heavy atom. The van der Waals surface area contributed by atoms with Crippen LogP contribution in [0.2, 0.25) is 0 Å². The molecular weight excluding hydrogens is 292 g/mol. The second-order valence-electron chi connectivity index (χ2n) is 5.51. The third kappa shape index (κ3) is 5.03. The summed E-state index contributed by atoms with van der Waals surface area (Å²) in [6.07, 6.45) is 4.21. The molecule has 0 amide bonds. The Labute approximate surface area is 135 Å². The van der Waals surface area contributed by atoms with Gasteiger partial charge in [0.25, 0.3) is 0 Å². The molecule has 0 heterocycles. The highest BCUT2D eigenvalue weighted by atomic mass is 19.1. The molecular formula is C20H19F2N. The van der Waals surface area contributed by atoms with E-state index in [1.165, 1.54) is 12.1 Å². The van der Waals surface area contributed by atoms with Crippen LogP contribution in [-0.4, -0.2) is 0 Å². The minimum absolute atomic E-state index is 0.0623. The summed E-state index contributed by atoms with van der Waals surface area (Å²) in [6, 6.07) is 14.2. The van der Waals surface area contributed by atoms with Crippen molar-refractivity contribution in [2.75, 3.05) is 0 Å². The molecule has 2 aromatic carbocycles. The molecule has 0 bridgehead atoms. The molecule has 0 radical (unpaired) electrons. The zero-order valence-corrected chi connectivity index (χ0v) is 13.2. The fourth-order valence-electron chi connectivity index (χ4n) is 2.42. The molecule has 23 heavy (non-hydrogen) atoms. The van der Waals surface area contributed by atoms with Crippen LogP contribution in [0.4, 0.5) is 8.78 Å². The van der Waals surface area contributed by atoms with Gasteiger partial charge in [0.15, 0.2) is 0 Å². The second-order valence-corrected chi connectivity index (χ2v) is 5.51. The Hall–Kier alpha value is -2.47. The summed E-state index contributed by atoms with van der Waals surface area (Å²) in [5, 5.41) is 8.73. The van der Waals surface area contributed by atoms with Gasteiger partial charge in [-0.25, -0.2) is 8.78 Å². The molecule has 0 fully saturated rings. The average Bonchev–Trinajstić information content (AvgIpc) is 2.53. The van der Waals surface area contributed by atoms with Crippen molar-refractivity contribution < 1.29 is 8.78 Å². The molecule has 0 aliphatic carbocycles. The van der Waals surface area contributed by atoms with Crippen molar-refractivity contribution in [1.29, 1.82) is 5.26 Å². The summed E-state index contributed by atoms with van der Waals surface area (Å²) in [7, 11) is 0. The Morgan fingerprint density at radius 1 is 1.13 bits per heavy atom. The number of hydrogen-bond donors (Lipinski definition) is 0. The van der Waals surface area contributed by atoms with Gasteiger partial charge in [0.05, 0.1) is 5.56 Å². The van der Waals surface area contributed by atoms with Gasteiger partial charge < -0.3 is 0 Å². The van der Waals surface area contributed by atoms with Crippen molar-refractivity contribution in [3.8, 4) is 6.07 Å². The minimum atomic E-state index is -0.483. The summed E-state index contributed by atoms with van der Waals surface area (Å²) in [4.78, 5) is 0. The quantitative estimate of drug-likeness (QED) is 0.682. The van der Waals surface area contributed by atoms with Crippen molar-refractivity contribution in [2.24, 2.45) is 0 Å². The molecule has 0 aliphatic rings. The minimum Gasteiger partial charge on any atom is -0.212 e. The topological polar surface area (TPSA) is 23.8 Å². The van der Waals surface area contributed by atoms with Gasteiger partial charge in [-0.15, -0.1) is 0 Å². The number of rotatable bonds is 6. The molecule has 0 atom stereocenters. The largest absolute Gasteiger partial charge is 0.212 e. The monoisotopic (exact) mass is 311 g/mol. The smallest absolute Gasteiger partial charge is 0.141 e. The van der Waals surface area contributed by atoms with E-state index in [2.05, 4.69) is 0 Å². The Kier molecular flexibility index (Phi) is 6.05. The molecule has 0 saturated carbocycles. The lowest BCUT2D eigenvalue weighted by Crippen LogP contribution is -1.94. The number of halogens is 2. The van der Waals surface area contributed by atoms with Crippen LogP contribution in [0.25, 0.3) is 6.08 Å². The number of hydrogen-bond acceptors (Lipinski definition) is 1. The van der Waals surface area contributed by atoms with Gasteiger partial charge in [-0.3, -0.25) is 0 Å². The molecule has 2 rings (SSSR count). The molecule has 0 unspecified atom stereocenters. The van der Waals surface area contributed by atoms with E-state index in [0.717, 1.165) is 29.5 Å². The van der Waals surface area contributed by atoms with Crippen LogP contribution in [0.5, 0.6) is 0 Å². The van der Waals surface area contributed by atoms with Crippen LogP contribution in [0, 0.1) is 17.1 Å². The average molecular weight is 311 g/mol. The highest BCUT2D eigenvalue weighted by Gasteiger charge is 2.04. The van der Waals surface area contributed by atoms with Crippen LogP contribution >= 0.6 is 0 Å². The molecule has 1 nitrogen and oxygen atoms in total. The van der Waals surface area contributed by atoms with Gasteiger partial charge in [0, 0.05) is 0 Å². The van der Waals surface area contributed by atoms with Gasteiger partial charge in [0.2, 0.25) is 0 Å². The van der Waals surface area contributed by atoms with Gasteiger partial charge >= 0.3 is 0 Å². The van der Waals surface area contributed by atoms with E-state index in [9.17, 15) is 8.78 Å². The number of nitrogens with zero attached hydrogens (tertiary/aromatic N) is 1. The Morgan fingerprint density at radius 2 is 1.87 bits per heavy atom. The van der Waals surface area contributed by atoms with Crippen molar-refractivity contribution in [2.45, 2.75) is 32.6 Å². The van der Waals surface area contributed by atoms with Crippen molar-refractivity contribution in [3.63, 3.8) is 0 Å². The molecule has 0 spiro atoms. The van der Waals surface area contributed by atoms with E-state index in [-0.39, 0.29) is 11.4 Å². The van der Waals surface area contributed by atoms with E-state index in [0.29, 0.717) is 12.8 Å². The number of aryl methyl sites for hydroxylation is 2. The zero-order valence-electron chi connectivity index (χ0n) is 13.2. The van der Waals surface area contributed by atoms with Crippen LogP contribution in [0.1, 0.15) is 42.0 Å². The first-order chi connectivity index (χ1) is 11.1. The fraction of sp³-hybridized carbons (Fsp3) is 0.250. The molecule has 0 aromatic heterocycles. The Bertz CT molecular complexity index is 742. The van der Waals surface area contributed by atoms with Gasteiger partial charge in [-0.05, 0) is 60.6 Å². The summed E-state index contributed by atoms with van der Waals surface area (Å²) < 4.78 is 27.2. The van der Waals surface area contributed by atoms with Gasteiger partial charge in [-0.2, -0.15) is 5.26 Å². The maximum Gasteiger partial charge on any atom is 0.141 e. The second kappa shape index (κ2) is 8.24. The summed E-state index contributed by atoms with van der Waals surface area (Å²) in [6.45, 7) is 1.94. The van der Waals surface area contributed by atoms with Crippen LogP contribution in [0.3, 0.4) is 0 Å². The third-order valence-electron chi connectivity index (χ3n) is 3.62. The molecule has 2 aromatic rings. The summed E-state index contributed by atoms with van der Waals surface area (Å²) >= 11 is 0. The lowest BCUT2D eigenvalue weighted by molar-refractivity contribution is 0.591. The maximum atomic E-state index is 13.6. The first-order valence-corrected chi connectivity index (χ1v) is 7.76. The fourth-order valence-corrected chi connectivity index (χ4v) is 2.42. The van der Waals surface area contributed by atoms with Gasteiger partial charge in [-0.1, -0.05) is 37.3 Å². The molecule has 0 aliphatic heterocycles. The standard InChI is InChI=1S/C20H19F2N/c1-2-4-19(21)12-17-6-3-5-15(11-17)7-8-16-9-10-18(14-23)20(22)13-16/h3,5-6,9-13H,2,4,7-8H2,1H3/b19-12+. The molecule has 0 saturated heterocycles. The van der Waals surface area contributed by atoms with E-state index < -0.39 is 5.82 Å². The lowest BCUT2D eigenvalue weighted by atomic mass is 10.0. The predicted octanol–water partition coefficient (Wildman–Crippen LogP) is 5.59. The van der Waals surface area contributed by atoms with Crippen molar-refractivity contribution in [1.82, 2.24) is 0 Å². The summed E-state index contributed by atoms with van der Waals surface area (Å²) in [5.74, 6) is -0.595. The first kappa shape index (κ1) is 16.9. The van der Waals surface area contributed by atoms with E-state index >= 15 is 0 Å². The lowest BCUT2D eigenvalue weighted by Gasteiger charge is -2.05. The first-order valence-electron chi connectivity index (χ1n) is 7.76. The highest BCUT2D eigenvalue weighted by molar-refractivity contribution is 5.52. The molecule has 118 valence electrons. The Balaban J connectivity index is 2.05. The SMILES string of the molecule is CCC/C(F)=C\c1cccc(CCc2ccc(C#N)c(F)c2)c1. The third-order valence-corrected chi connectivity index (χ3v) is 3.62. The van der Waals surface area contributed by atoms with Crippen LogP contribution in [0.15, 0.2) is 48.3 Å². The van der Waals surface area contributed by atoms with E-state index in [4.69, 9.17) is 5.26 Å². The van der Waals surface area contributed by atoms with Crippen LogP contribution in [-0.2, 0) is 12.8 Å².